The van der Waals surface area contributed by atoms with Gasteiger partial charge >= 0.3 is 10.1 Å². The number of aryl methyl sites for hydroxylation is 1. The molecule has 3 aromatic rings. The molecule has 1 saturated carbocycles. The van der Waals surface area contributed by atoms with Gasteiger partial charge in [0.25, 0.3) is 0 Å². The van der Waals surface area contributed by atoms with E-state index < -0.39 is 10.1 Å². The van der Waals surface area contributed by atoms with Gasteiger partial charge in [-0.3, -0.25) is 0 Å². The number of methoxy groups -OCH3 is 2. The van der Waals surface area contributed by atoms with Crippen LogP contribution in [0.2, 0.25) is 0 Å². The summed E-state index contributed by atoms with van der Waals surface area (Å²) in [6.45, 7) is 6.88. The molecular weight excluding hydrogens is 516 g/mol. The van der Waals surface area contributed by atoms with Crippen molar-refractivity contribution in [2.45, 2.75) is 33.6 Å². The monoisotopic (exact) mass is 552 g/mol. The van der Waals surface area contributed by atoms with Crippen LogP contribution in [-0.2, 0) is 10.1 Å². The smallest absolute Gasteiger partial charge is 0.306 e. The van der Waals surface area contributed by atoms with Crippen molar-refractivity contribution >= 4 is 10.1 Å². The maximum Gasteiger partial charge on any atom is 0.306 e. The van der Waals surface area contributed by atoms with Crippen LogP contribution in [0.25, 0.3) is 22.3 Å². The van der Waals surface area contributed by atoms with E-state index in [1.54, 1.807) is 26.4 Å². The zero-order chi connectivity index (χ0) is 28.2. The Morgan fingerprint density at radius 3 is 2.13 bits per heavy atom. The minimum atomic E-state index is -3.93. The van der Waals surface area contributed by atoms with Crippen molar-refractivity contribution in [1.29, 1.82) is 0 Å². The first-order valence-corrected chi connectivity index (χ1v) is 14.7. The van der Waals surface area contributed by atoms with Gasteiger partial charge in [-0.1, -0.05) is 41.5 Å². The van der Waals surface area contributed by atoms with Crippen LogP contribution in [0.15, 0.2) is 60.2 Å². The molecule has 0 bridgehead atoms. The number of hydrogen-bond acceptors (Lipinski definition) is 7. The van der Waals surface area contributed by atoms with Crippen molar-refractivity contribution in [2.24, 2.45) is 5.92 Å². The largest absolute Gasteiger partial charge is 0.496 e. The Kier molecular flexibility index (Phi) is 8.75. The molecule has 0 heterocycles. The first-order chi connectivity index (χ1) is 18.6. The number of hydrogen-bond donors (Lipinski definition) is 0. The van der Waals surface area contributed by atoms with Gasteiger partial charge in [-0.05, 0) is 74.9 Å². The van der Waals surface area contributed by atoms with Gasteiger partial charge in [-0.15, -0.1) is 0 Å². The Hall–Kier alpha value is -3.65. The molecular formula is C31H36O7S. The van der Waals surface area contributed by atoms with Gasteiger partial charge in [0.05, 0.1) is 32.6 Å². The minimum absolute atomic E-state index is 0.0772. The second-order valence-electron chi connectivity index (χ2n) is 10.0. The van der Waals surface area contributed by atoms with E-state index in [9.17, 15) is 8.42 Å². The van der Waals surface area contributed by atoms with E-state index in [1.807, 2.05) is 63.2 Å². The molecule has 7 nitrogen and oxygen atoms in total. The average molecular weight is 553 g/mol. The SMILES string of the molecule is COc1cc(-c2c(OC)cc(-c3ccc(C)cc3)c(OCC3CC3)c2OS(C)(=O)=O)ccc1OCC=C(C)C. The van der Waals surface area contributed by atoms with Crippen LogP contribution in [0.5, 0.6) is 28.7 Å². The molecule has 39 heavy (non-hydrogen) atoms. The van der Waals surface area contributed by atoms with Crippen LogP contribution in [0, 0.1) is 12.8 Å². The van der Waals surface area contributed by atoms with E-state index in [-0.39, 0.29) is 5.75 Å². The zero-order valence-corrected chi connectivity index (χ0v) is 24.2. The summed E-state index contributed by atoms with van der Waals surface area (Å²) < 4.78 is 54.5. The summed E-state index contributed by atoms with van der Waals surface area (Å²) in [5.74, 6) is 2.35. The number of rotatable bonds is 12. The van der Waals surface area contributed by atoms with Crippen LogP contribution in [0.1, 0.15) is 32.3 Å². The number of benzene rings is 3. The van der Waals surface area contributed by atoms with Crippen molar-refractivity contribution in [3.05, 3.63) is 65.7 Å². The second kappa shape index (κ2) is 12.0. The van der Waals surface area contributed by atoms with E-state index in [0.29, 0.717) is 58.8 Å². The highest BCUT2D eigenvalue weighted by molar-refractivity contribution is 7.86. The van der Waals surface area contributed by atoms with E-state index in [4.69, 9.17) is 23.1 Å². The maximum atomic E-state index is 12.6. The number of allylic oxidation sites excluding steroid dienone is 1. The van der Waals surface area contributed by atoms with Gasteiger partial charge in [-0.2, -0.15) is 8.42 Å². The Morgan fingerprint density at radius 2 is 1.54 bits per heavy atom. The molecule has 4 rings (SSSR count). The predicted molar refractivity (Wildman–Crippen MR) is 154 cm³/mol. The van der Waals surface area contributed by atoms with Gasteiger partial charge < -0.3 is 23.1 Å². The first-order valence-electron chi connectivity index (χ1n) is 12.9. The molecule has 0 atom stereocenters. The lowest BCUT2D eigenvalue weighted by Crippen LogP contribution is -2.11. The Labute approximate surface area is 231 Å². The normalized spacial score (nSPS) is 13.0. The summed E-state index contributed by atoms with van der Waals surface area (Å²) >= 11 is 0. The lowest BCUT2D eigenvalue weighted by Gasteiger charge is -2.22. The van der Waals surface area contributed by atoms with Crippen LogP contribution in [0.3, 0.4) is 0 Å². The first kappa shape index (κ1) is 28.4. The van der Waals surface area contributed by atoms with E-state index in [2.05, 4.69) is 0 Å². The second-order valence-corrected chi connectivity index (χ2v) is 11.6. The summed E-state index contributed by atoms with van der Waals surface area (Å²) in [4.78, 5) is 0. The number of ether oxygens (including phenoxy) is 4. The summed E-state index contributed by atoms with van der Waals surface area (Å²) in [6, 6.07) is 15.2. The molecule has 0 amide bonds. The average Bonchev–Trinajstić information content (AvgIpc) is 3.71. The molecule has 1 aliphatic rings. The Bertz CT molecular complexity index is 1450. The van der Waals surface area contributed by atoms with Crippen LogP contribution >= 0.6 is 0 Å². The summed E-state index contributed by atoms with van der Waals surface area (Å²) in [7, 11) is -0.825. The van der Waals surface area contributed by atoms with Crippen molar-refractivity contribution < 1.29 is 31.5 Å². The van der Waals surface area contributed by atoms with E-state index in [0.717, 1.165) is 35.8 Å². The molecule has 0 saturated heterocycles. The van der Waals surface area contributed by atoms with Crippen LogP contribution in [0.4, 0.5) is 0 Å². The predicted octanol–water partition coefficient (Wildman–Crippen LogP) is 6.82. The van der Waals surface area contributed by atoms with Crippen LogP contribution < -0.4 is 23.1 Å². The van der Waals surface area contributed by atoms with E-state index >= 15 is 0 Å². The molecule has 1 aliphatic carbocycles. The molecule has 0 spiro atoms. The third-order valence-electron chi connectivity index (χ3n) is 6.36. The molecule has 0 radical (unpaired) electrons. The quantitative estimate of drug-likeness (QED) is 0.180. The van der Waals surface area contributed by atoms with Crippen molar-refractivity contribution in [3.8, 4) is 51.0 Å². The third kappa shape index (κ3) is 7.26. The topological polar surface area (TPSA) is 80.3 Å². The Morgan fingerprint density at radius 1 is 0.872 bits per heavy atom. The molecule has 1 fully saturated rings. The highest BCUT2D eigenvalue weighted by Gasteiger charge is 2.29. The molecule has 0 unspecified atom stereocenters. The molecule has 0 aliphatic heterocycles. The summed E-state index contributed by atoms with van der Waals surface area (Å²) in [5, 5.41) is 0. The van der Waals surface area contributed by atoms with Crippen molar-refractivity contribution in [2.75, 3.05) is 33.7 Å². The highest BCUT2D eigenvalue weighted by Crippen LogP contribution is 2.52. The lowest BCUT2D eigenvalue weighted by atomic mass is 9.96. The lowest BCUT2D eigenvalue weighted by molar-refractivity contribution is 0.291. The highest BCUT2D eigenvalue weighted by atomic mass is 32.2. The van der Waals surface area contributed by atoms with Crippen molar-refractivity contribution in [3.63, 3.8) is 0 Å². The van der Waals surface area contributed by atoms with Gasteiger partial charge in [0.15, 0.2) is 23.0 Å². The maximum absolute atomic E-state index is 12.6. The standard InChI is InChI=1S/C31H36O7S/c1-20(2)15-16-36-26-14-13-24(17-27(26)34-4)29-28(35-5)18-25(23-11-7-21(3)8-12-23)30(37-19-22-9-10-22)31(29)38-39(6,32)33/h7-8,11-15,17-18,22H,9-10,16,19H2,1-6H3. The third-order valence-corrected chi connectivity index (χ3v) is 6.83. The molecule has 8 heteroatoms. The minimum Gasteiger partial charge on any atom is -0.496 e. The molecule has 0 aromatic heterocycles. The fraction of sp³-hybridized carbons (Fsp3) is 0.355. The van der Waals surface area contributed by atoms with Gasteiger partial charge in [0.1, 0.15) is 12.4 Å². The molecule has 3 aromatic carbocycles. The van der Waals surface area contributed by atoms with Gasteiger partial charge in [0, 0.05) is 5.56 Å². The zero-order valence-electron chi connectivity index (χ0n) is 23.4. The summed E-state index contributed by atoms with van der Waals surface area (Å²) in [5.41, 5.74) is 4.86. The van der Waals surface area contributed by atoms with E-state index in [1.165, 1.54) is 0 Å². The fourth-order valence-electron chi connectivity index (χ4n) is 4.10. The Balaban J connectivity index is 1.93. The van der Waals surface area contributed by atoms with Gasteiger partial charge in [-0.25, -0.2) is 0 Å². The molecule has 0 N–H and O–H groups in total. The van der Waals surface area contributed by atoms with Crippen molar-refractivity contribution in [1.82, 2.24) is 0 Å². The fourth-order valence-corrected chi connectivity index (χ4v) is 4.56. The van der Waals surface area contributed by atoms with Gasteiger partial charge in [0.2, 0.25) is 0 Å². The molecule has 208 valence electrons. The van der Waals surface area contributed by atoms with Crippen LogP contribution in [-0.4, -0.2) is 42.1 Å². The summed E-state index contributed by atoms with van der Waals surface area (Å²) in [6.07, 6.45) is 5.15.